The van der Waals surface area contributed by atoms with Crippen LogP contribution in [0.2, 0.25) is 0 Å². The third kappa shape index (κ3) is 0.881. The highest BCUT2D eigenvalue weighted by Crippen LogP contribution is 1.99. The van der Waals surface area contributed by atoms with Crippen molar-refractivity contribution in [2.24, 2.45) is 0 Å². The monoisotopic (exact) mass is 147 g/mol. The van der Waals surface area contributed by atoms with E-state index in [9.17, 15) is 4.79 Å². The zero-order valence-electron chi connectivity index (χ0n) is 5.61. The van der Waals surface area contributed by atoms with Gasteiger partial charge in [0, 0.05) is 12.3 Å². The van der Waals surface area contributed by atoms with E-state index in [4.69, 9.17) is 0 Å². The van der Waals surface area contributed by atoms with Gasteiger partial charge in [0.2, 0.25) is 0 Å². The molecule has 4 heteroatoms. The molecule has 2 aromatic heterocycles. The Labute approximate surface area is 61.9 Å². The van der Waals surface area contributed by atoms with Crippen LogP contribution in [-0.4, -0.2) is 15.2 Å². The van der Waals surface area contributed by atoms with Crippen LogP contribution in [-0.2, 0) is 0 Å². The van der Waals surface area contributed by atoms with Crippen molar-refractivity contribution in [2.45, 2.75) is 0 Å². The van der Waals surface area contributed by atoms with Gasteiger partial charge in [-0.05, 0) is 0 Å². The molecule has 0 unspecified atom stereocenters. The first-order valence-electron chi connectivity index (χ1n) is 3.16. The summed E-state index contributed by atoms with van der Waals surface area (Å²) in [4.78, 5) is 14.0. The Bertz CT molecular complexity index is 429. The normalized spacial score (nSPS) is 10.2. The average Bonchev–Trinajstić information content (AvgIpc) is 2.06. The van der Waals surface area contributed by atoms with Crippen LogP contribution in [0.5, 0.6) is 0 Å². The predicted octanol–water partition coefficient (Wildman–Crippen LogP) is 0.318. The van der Waals surface area contributed by atoms with E-state index in [1.807, 2.05) is 0 Å². The van der Waals surface area contributed by atoms with Gasteiger partial charge in [0.25, 0.3) is 0 Å². The summed E-state index contributed by atoms with van der Waals surface area (Å²) in [5.41, 5.74) is 0.682. The number of fused-ring (bicyclic) bond motifs is 1. The largest absolute Gasteiger partial charge is 0.360 e. The molecule has 0 amide bonds. The van der Waals surface area contributed by atoms with Gasteiger partial charge in [-0.2, -0.15) is 10.2 Å². The van der Waals surface area contributed by atoms with Gasteiger partial charge in [-0.3, -0.25) is 4.79 Å². The van der Waals surface area contributed by atoms with Crippen LogP contribution in [0, 0.1) is 0 Å². The standard InChI is InChI=1S/C7H5N3O/c11-7-1-2-8-6-4-10-9-3-5(6)7/h1-4H,(H,8,11). The maximum absolute atomic E-state index is 11.1. The molecule has 0 spiro atoms. The molecule has 0 bridgehead atoms. The second-order valence-electron chi connectivity index (χ2n) is 2.16. The highest BCUT2D eigenvalue weighted by molar-refractivity contribution is 5.75. The highest BCUT2D eigenvalue weighted by atomic mass is 16.1. The van der Waals surface area contributed by atoms with Crippen molar-refractivity contribution in [3.8, 4) is 0 Å². The molecule has 54 valence electrons. The van der Waals surface area contributed by atoms with E-state index in [0.29, 0.717) is 10.9 Å². The number of nitrogens with zero attached hydrogens (tertiary/aromatic N) is 2. The fourth-order valence-corrected chi connectivity index (χ4v) is 0.930. The lowest BCUT2D eigenvalue weighted by molar-refractivity contribution is 1.04. The molecule has 0 saturated carbocycles. The van der Waals surface area contributed by atoms with Crippen LogP contribution >= 0.6 is 0 Å². The molecular weight excluding hydrogens is 142 g/mol. The first kappa shape index (κ1) is 6.03. The summed E-state index contributed by atoms with van der Waals surface area (Å²) in [5, 5.41) is 7.81. The van der Waals surface area contributed by atoms with Crippen molar-refractivity contribution in [3.05, 3.63) is 34.9 Å². The molecule has 0 saturated heterocycles. The van der Waals surface area contributed by atoms with Gasteiger partial charge in [-0.15, -0.1) is 0 Å². The zero-order chi connectivity index (χ0) is 7.68. The van der Waals surface area contributed by atoms with Crippen molar-refractivity contribution in [3.63, 3.8) is 0 Å². The second-order valence-corrected chi connectivity index (χ2v) is 2.16. The molecule has 0 fully saturated rings. The molecule has 11 heavy (non-hydrogen) atoms. The van der Waals surface area contributed by atoms with Crippen molar-refractivity contribution < 1.29 is 0 Å². The van der Waals surface area contributed by atoms with E-state index in [2.05, 4.69) is 15.2 Å². The van der Waals surface area contributed by atoms with Gasteiger partial charge >= 0.3 is 0 Å². The number of hydrogen-bond acceptors (Lipinski definition) is 3. The lowest BCUT2D eigenvalue weighted by Gasteiger charge is -1.91. The second kappa shape index (κ2) is 2.16. The number of rotatable bonds is 0. The van der Waals surface area contributed by atoms with Crippen molar-refractivity contribution >= 4 is 10.9 Å². The Balaban J connectivity index is 3.03. The number of aromatic nitrogens is 3. The zero-order valence-corrected chi connectivity index (χ0v) is 5.61. The van der Waals surface area contributed by atoms with Crippen LogP contribution in [0.15, 0.2) is 29.5 Å². The van der Waals surface area contributed by atoms with Crippen LogP contribution in [0.4, 0.5) is 0 Å². The summed E-state index contributed by atoms with van der Waals surface area (Å²) in [5.74, 6) is 0. The maximum Gasteiger partial charge on any atom is 0.191 e. The third-order valence-electron chi connectivity index (χ3n) is 1.47. The first-order valence-corrected chi connectivity index (χ1v) is 3.16. The lowest BCUT2D eigenvalue weighted by atomic mass is 10.3. The SMILES string of the molecule is O=c1cc[nH]c2cnncc12. The van der Waals surface area contributed by atoms with E-state index in [0.717, 1.165) is 0 Å². The van der Waals surface area contributed by atoms with Gasteiger partial charge in [-0.1, -0.05) is 0 Å². The first-order chi connectivity index (χ1) is 5.38. The molecule has 0 aliphatic heterocycles. The van der Waals surface area contributed by atoms with Crippen LogP contribution in [0.3, 0.4) is 0 Å². The molecule has 2 aromatic rings. The Morgan fingerprint density at radius 3 is 2.91 bits per heavy atom. The average molecular weight is 147 g/mol. The fraction of sp³-hybridized carbons (Fsp3) is 0. The number of pyridine rings is 1. The molecule has 4 nitrogen and oxygen atoms in total. The van der Waals surface area contributed by atoms with Crippen LogP contribution in [0.25, 0.3) is 10.9 Å². The summed E-state index contributed by atoms with van der Waals surface area (Å²) in [6, 6.07) is 1.46. The number of hydrogen-bond donors (Lipinski definition) is 1. The summed E-state index contributed by atoms with van der Waals surface area (Å²) in [6.07, 6.45) is 4.57. The summed E-state index contributed by atoms with van der Waals surface area (Å²) < 4.78 is 0. The number of H-pyrrole nitrogens is 1. The third-order valence-corrected chi connectivity index (χ3v) is 1.47. The molecule has 0 aliphatic rings. The van der Waals surface area contributed by atoms with Gasteiger partial charge in [0.15, 0.2) is 5.43 Å². The fourth-order valence-electron chi connectivity index (χ4n) is 0.930. The lowest BCUT2D eigenvalue weighted by Crippen LogP contribution is -2.00. The van der Waals surface area contributed by atoms with Crippen molar-refractivity contribution in [1.29, 1.82) is 0 Å². The summed E-state index contributed by atoms with van der Waals surface area (Å²) in [7, 11) is 0. The Morgan fingerprint density at radius 2 is 2.09 bits per heavy atom. The van der Waals surface area contributed by atoms with Crippen LogP contribution in [0.1, 0.15) is 0 Å². The molecule has 0 aliphatic carbocycles. The molecule has 2 rings (SSSR count). The minimum absolute atomic E-state index is 0.0337. The Kier molecular flexibility index (Phi) is 1.18. The molecule has 0 radical (unpaired) electrons. The topological polar surface area (TPSA) is 58.6 Å². The minimum Gasteiger partial charge on any atom is -0.360 e. The summed E-state index contributed by atoms with van der Waals surface area (Å²) in [6.45, 7) is 0. The predicted molar refractivity (Wildman–Crippen MR) is 40.2 cm³/mol. The van der Waals surface area contributed by atoms with Crippen molar-refractivity contribution in [2.75, 3.05) is 0 Å². The van der Waals surface area contributed by atoms with Crippen LogP contribution < -0.4 is 5.43 Å². The Hall–Kier alpha value is -1.71. The van der Waals surface area contributed by atoms with Gasteiger partial charge in [0.1, 0.15) is 0 Å². The minimum atomic E-state index is -0.0337. The van der Waals surface area contributed by atoms with E-state index in [1.165, 1.54) is 18.5 Å². The maximum atomic E-state index is 11.1. The Morgan fingerprint density at radius 1 is 1.27 bits per heavy atom. The van der Waals surface area contributed by atoms with E-state index in [-0.39, 0.29) is 5.43 Å². The number of nitrogens with one attached hydrogen (secondary N) is 1. The van der Waals surface area contributed by atoms with Crippen molar-refractivity contribution in [1.82, 2.24) is 15.2 Å². The van der Waals surface area contributed by atoms with E-state index in [1.54, 1.807) is 6.20 Å². The quantitative estimate of drug-likeness (QED) is 0.583. The number of aromatic amines is 1. The van der Waals surface area contributed by atoms with E-state index >= 15 is 0 Å². The van der Waals surface area contributed by atoms with Gasteiger partial charge < -0.3 is 4.98 Å². The molecular formula is C7H5N3O. The molecule has 0 aromatic carbocycles. The summed E-state index contributed by atoms with van der Waals surface area (Å²) >= 11 is 0. The van der Waals surface area contributed by atoms with Gasteiger partial charge in [0.05, 0.1) is 23.3 Å². The molecule has 1 N–H and O–H groups in total. The van der Waals surface area contributed by atoms with Gasteiger partial charge in [-0.25, -0.2) is 0 Å². The van der Waals surface area contributed by atoms with E-state index < -0.39 is 0 Å². The molecule has 2 heterocycles. The highest BCUT2D eigenvalue weighted by Gasteiger charge is 1.94. The molecule has 0 atom stereocenters. The smallest absolute Gasteiger partial charge is 0.191 e.